The zero-order chi connectivity index (χ0) is 13.4. The number of thioether (sulfide) groups is 1. The summed E-state index contributed by atoms with van der Waals surface area (Å²) in [4.78, 5) is 2.62. The zero-order valence-electron chi connectivity index (χ0n) is 12.2. The minimum Gasteiger partial charge on any atom is -0.373 e. The van der Waals surface area contributed by atoms with Crippen LogP contribution in [0.25, 0.3) is 0 Å². The van der Waals surface area contributed by atoms with Gasteiger partial charge in [0.1, 0.15) is 0 Å². The predicted octanol–water partition coefficient (Wildman–Crippen LogP) is 1.96. The lowest BCUT2D eigenvalue weighted by atomic mass is 9.69. The van der Waals surface area contributed by atoms with Gasteiger partial charge in [0.2, 0.25) is 0 Å². The van der Waals surface area contributed by atoms with E-state index in [9.17, 15) is 0 Å². The molecule has 2 aliphatic rings. The van der Waals surface area contributed by atoms with Gasteiger partial charge in [-0.25, -0.2) is 0 Å². The molecule has 0 amide bonds. The molecular weight excluding hydrogens is 244 g/mol. The van der Waals surface area contributed by atoms with E-state index in [0.717, 1.165) is 25.4 Å². The Bertz CT molecular complexity index is 288. The molecule has 0 aliphatic carbocycles. The number of morpholine rings is 1. The first-order chi connectivity index (χ1) is 8.41. The monoisotopic (exact) mass is 272 g/mol. The Morgan fingerprint density at radius 1 is 1.28 bits per heavy atom. The molecule has 18 heavy (non-hydrogen) atoms. The molecule has 0 spiro atoms. The van der Waals surface area contributed by atoms with E-state index in [4.69, 9.17) is 10.5 Å². The Labute approximate surface area is 116 Å². The second-order valence-electron chi connectivity index (χ2n) is 6.58. The van der Waals surface area contributed by atoms with Crippen LogP contribution in [0.15, 0.2) is 0 Å². The molecule has 3 unspecified atom stereocenters. The number of hydrogen-bond acceptors (Lipinski definition) is 4. The summed E-state index contributed by atoms with van der Waals surface area (Å²) in [6.07, 6.45) is 1.90. The fourth-order valence-corrected chi connectivity index (χ4v) is 5.34. The molecule has 2 heterocycles. The maximum atomic E-state index is 6.24. The second kappa shape index (κ2) is 5.31. The van der Waals surface area contributed by atoms with Crippen molar-refractivity contribution in [2.24, 2.45) is 11.1 Å². The van der Waals surface area contributed by atoms with Crippen molar-refractivity contribution in [3.8, 4) is 0 Å². The highest BCUT2D eigenvalue weighted by molar-refractivity contribution is 7.99. The van der Waals surface area contributed by atoms with Crippen molar-refractivity contribution in [3.05, 3.63) is 0 Å². The standard InChI is InChI=1S/C14H28N2OS/c1-11-7-16(8-12(2)17-11)14(9-15)10-18-6-5-13(14,3)4/h11-12H,5-10,15H2,1-4H3. The molecule has 0 saturated carbocycles. The molecule has 3 atom stereocenters. The van der Waals surface area contributed by atoms with Crippen LogP contribution >= 0.6 is 11.8 Å². The molecule has 106 valence electrons. The van der Waals surface area contributed by atoms with E-state index < -0.39 is 0 Å². The molecule has 0 bridgehead atoms. The Balaban J connectivity index is 2.25. The van der Waals surface area contributed by atoms with Crippen molar-refractivity contribution >= 4 is 11.8 Å². The van der Waals surface area contributed by atoms with Crippen LogP contribution in [-0.4, -0.2) is 53.8 Å². The first-order valence-corrected chi connectivity index (χ1v) is 8.25. The summed E-state index contributed by atoms with van der Waals surface area (Å²) in [5.41, 5.74) is 6.68. The lowest BCUT2D eigenvalue weighted by molar-refractivity contribution is -0.122. The molecule has 3 nitrogen and oxygen atoms in total. The highest BCUT2D eigenvalue weighted by Gasteiger charge is 2.51. The number of hydrogen-bond donors (Lipinski definition) is 1. The molecule has 2 rings (SSSR count). The number of ether oxygens (including phenoxy) is 1. The molecule has 2 aliphatic heterocycles. The Kier molecular flexibility index (Phi) is 4.32. The molecule has 0 aromatic heterocycles. The normalized spacial score (nSPS) is 41.8. The number of nitrogens with two attached hydrogens (primary N) is 1. The number of rotatable bonds is 2. The van der Waals surface area contributed by atoms with Gasteiger partial charge in [-0.15, -0.1) is 0 Å². The van der Waals surface area contributed by atoms with Gasteiger partial charge in [-0.2, -0.15) is 11.8 Å². The summed E-state index contributed by atoms with van der Waals surface area (Å²) in [6, 6.07) is 0. The smallest absolute Gasteiger partial charge is 0.0678 e. The van der Waals surface area contributed by atoms with Crippen LogP contribution in [0.4, 0.5) is 0 Å². The fraction of sp³-hybridized carbons (Fsp3) is 1.00. The van der Waals surface area contributed by atoms with Crippen molar-refractivity contribution in [1.29, 1.82) is 0 Å². The third-order valence-corrected chi connectivity index (χ3v) is 6.01. The van der Waals surface area contributed by atoms with Crippen LogP contribution < -0.4 is 5.73 Å². The number of nitrogens with zero attached hydrogens (tertiary/aromatic N) is 1. The van der Waals surface area contributed by atoms with Crippen LogP contribution in [0.3, 0.4) is 0 Å². The van der Waals surface area contributed by atoms with Crippen molar-refractivity contribution in [2.75, 3.05) is 31.1 Å². The van der Waals surface area contributed by atoms with Gasteiger partial charge in [0.05, 0.1) is 12.2 Å². The molecule has 2 N–H and O–H groups in total. The van der Waals surface area contributed by atoms with E-state index in [-0.39, 0.29) is 5.54 Å². The van der Waals surface area contributed by atoms with Gasteiger partial charge < -0.3 is 10.5 Å². The van der Waals surface area contributed by atoms with Crippen LogP contribution in [0.1, 0.15) is 34.1 Å². The van der Waals surface area contributed by atoms with Gasteiger partial charge in [0.15, 0.2) is 0 Å². The lowest BCUT2D eigenvalue weighted by Gasteiger charge is -2.58. The van der Waals surface area contributed by atoms with E-state index in [2.05, 4.69) is 44.4 Å². The zero-order valence-corrected chi connectivity index (χ0v) is 13.1. The summed E-state index contributed by atoms with van der Waals surface area (Å²) < 4.78 is 5.88. The predicted molar refractivity (Wildman–Crippen MR) is 79.1 cm³/mol. The highest BCUT2D eigenvalue weighted by atomic mass is 32.2. The van der Waals surface area contributed by atoms with E-state index in [1.54, 1.807) is 0 Å². The Morgan fingerprint density at radius 2 is 1.89 bits per heavy atom. The molecule has 4 heteroatoms. The molecule has 2 saturated heterocycles. The van der Waals surface area contributed by atoms with Crippen LogP contribution in [0, 0.1) is 5.41 Å². The van der Waals surface area contributed by atoms with E-state index in [0.29, 0.717) is 17.6 Å². The molecular formula is C14H28N2OS. The summed E-state index contributed by atoms with van der Waals surface area (Å²) in [6.45, 7) is 11.9. The van der Waals surface area contributed by atoms with Gasteiger partial charge in [-0.3, -0.25) is 4.90 Å². The summed E-state index contributed by atoms with van der Waals surface area (Å²) >= 11 is 2.06. The molecule has 2 fully saturated rings. The third-order valence-electron chi connectivity index (χ3n) is 4.83. The minimum atomic E-state index is 0.141. The maximum absolute atomic E-state index is 6.24. The van der Waals surface area contributed by atoms with Gasteiger partial charge in [0, 0.05) is 30.9 Å². The summed E-state index contributed by atoms with van der Waals surface area (Å²) in [7, 11) is 0. The fourth-order valence-electron chi connectivity index (χ4n) is 3.51. The molecule has 0 aromatic carbocycles. The van der Waals surface area contributed by atoms with E-state index in [1.165, 1.54) is 12.2 Å². The lowest BCUT2D eigenvalue weighted by Crippen LogP contribution is -2.69. The highest BCUT2D eigenvalue weighted by Crippen LogP contribution is 2.46. The minimum absolute atomic E-state index is 0.141. The van der Waals surface area contributed by atoms with E-state index in [1.807, 2.05) is 0 Å². The first-order valence-electron chi connectivity index (χ1n) is 7.09. The second-order valence-corrected chi connectivity index (χ2v) is 7.69. The maximum Gasteiger partial charge on any atom is 0.0678 e. The van der Waals surface area contributed by atoms with Crippen molar-refractivity contribution in [1.82, 2.24) is 4.90 Å². The summed E-state index contributed by atoms with van der Waals surface area (Å²) in [5.74, 6) is 2.43. The quantitative estimate of drug-likeness (QED) is 0.834. The average molecular weight is 272 g/mol. The van der Waals surface area contributed by atoms with Gasteiger partial charge in [0.25, 0.3) is 0 Å². The average Bonchev–Trinajstić information content (AvgIpc) is 2.27. The van der Waals surface area contributed by atoms with Gasteiger partial charge in [-0.1, -0.05) is 13.8 Å². The van der Waals surface area contributed by atoms with Crippen LogP contribution in [0.2, 0.25) is 0 Å². The van der Waals surface area contributed by atoms with Gasteiger partial charge >= 0.3 is 0 Å². The topological polar surface area (TPSA) is 38.5 Å². The first kappa shape index (κ1) is 14.6. The molecule has 0 radical (unpaired) electrons. The van der Waals surface area contributed by atoms with E-state index >= 15 is 0 Å². The summed E-state index contributed by atoms with van der Waals surface area (Å²) in [5, 5.41) is 0. The SMILES string of the molecule is CC1CN(C2(CN)CSCCC2(C)C)CC(C)O1. The van der Waals surface area contributed by atoms with Crippen LogP contribution in [-0.2, 0) is 4.74 Å². The van der Waals surface area contributed by atoms with Crippen LogP contribution in [0.5, 0.6) is 0 Å². The van der Waals surface area contributed by atoms with Gasteiger partial charge in [-0.05, 0) is 31.4 Å². The van der Waals surface area contributed by atoms with Crippen molar-refractivity contribution in [2.45, 2.75) is 51.9 Å². The third kappa shape index (κ3) is 2.45. The Hall–Kier alpha value is 0.230. The molecule has 0 aromatic rings. The van der Waals surface area contributed by atoms with Crippen molar-refractivity contribution in [3.63, 3.8) is 0 Å². The largest absolute Gasteiger partial charge is 0.373 e. The Morgan fingerprint density at radius 3 is 2.39 bits per heavy atom. The van der Waals surface area contributed by atoms with Crippen molar-refractivity contribution < 1.29 is 4.74 Å².